The van der Waals surface area contributed by atoms with Crippen LogP contribution < -0.4 is 10.6 Å². The lowest BCUT2D eigenvalue weighted by Gasteiger charge is -2.07. The molecule has 1 aliphatic heterocycles. The highest BCUT2D eigenvalue weighted by Gasteiger charge is 2.32. The van der Waals surface area contributed by atoms with Crippen LogP contribution in [0.25, 0.3) is 0 Å². The van der Waals surface area contributed by atoms with Gasteiger partial charge in [-0.15, -0.1) is 0 Å². The summed E-state index contributed by atoms with van der Waals surface area (Å²) in [4.78, 5) is 28.4. The summed E-state index contributed by atoms with van der Waals surface area (Å²) in [7, 11) is 0. The molecule has 1 saturated heterocycles. The molecule has 3 rings (SSSR count). The van der Waals surface area contributed by atoms with Gasteiger partial charge in [0.2, 0.25) is 11.8 Å². The number of phenolic OH excluding ortho intramolecular Hbond substituents is 1. The first-order valence-electron chi connectivity index (χ1n) is 7.40. The van der Waals surface area contributed by atoms with Gasteiger partial charge in [0.15, 0.2) is 5.17 Å². The van der Waals surface area contributed by atoms with Gasteiger partial charge in [-0.3, -0.25) is 9.59 Å². The van der Waals surface area contributed by atoms with Crippen molar-refractivity contribution >= 4 is 56.0 Å². The molecule has 2 aromatic carbocycles. The van der Waals surface area contributed by atoms with E-state index in [-0.39, 0.29) is 24.0 Å². The van der Waals surface area contributed by atoms with Crippen LogP contribution in [0.1, 0.15) is 6.42 Å². The van der Waals surface area contributed by atoms with Gasteiger partial charge in [-0.1, -0.05) is 33.8 Å². The van der Waals surface area contributed by atoms with Gasteiger partial charge in [0.1, 0.15) is 11.0 Å². The number of carbonyl (C=O) groups is 2. The maximum atomic E-state index is 12.1. The minimum Gasteiger partial charge on any atom is -0.508 e. The number of nitrogens with zero attached hydrogens (tertiary/aromatic N) is 1. The molecule has 25 heavy (non-hydrogen) atoms. The molecule has 1 heterocycles. The molecular weight excluding hydrogens is 406 g/mol. The molecule has 1 fully saturated rings. The Bertz CT molecular complexity index is 839. The van der Waals surface area contributed by atoms with E-state index in [9.17, 15) is 14.7 Å². The van der Waals surface area contributed by atoms with Crippen LogP contribution in [-0.4, -0.2) is 27.3 Å². The predicted octanol–water partition coefficient (Wildman–Crippen LogP) is 3.40. The number of hydrogen-bond acceptors (Lipinski definition) is 5. The second-order valence-corrected chi connectivity index (χ2v) is 7.40. The summed E-state index contributed by atoms with van der Waals surface area (Å²) in [6.07, 6.45) is 0.0472. The Morgan fingerprint density at radius 2 is 2.04 bits per heavy atom. The molecule has 1 aliphatic rings. The summed E-state index contributed by atoms with van der Waals surface area (Å²) in [5.74, 6) is -0.398. The van der Waals surface area contributed by atoms with E-state index in [2.05, 4.69) is 31.6 Å². The maximum absolute atomic E-state index is 12.1. The standard InChI is InChI=1S/C17H14BrN3O3S/c18-10-4-6-11(7-5-10)19-15(23)9-14-16(24)21-17(25-14)20-12-2-1-3-13(22)8-12/h1-8,14,22H,9H2,(H,19,23)(H,20,21,24)/t14-/m1/s1. The highest BCUT2D eigenvalue weighted by atomic mass is 79.9. The molecule has 0 unspecified atom stereocenters. The summed E-state index contributed by atoms with van der Waals surface area (Å²) in [6.45, 7) is 0. The fraction of sp³-hybridized carbons (Fsp3) is 0.118. The second kappa shape index (κ2) is 7.71. The number of aliphatic imine (C=N–C) groups is 1. The molecular formula is C17H14BrN3O3S. The van der Waals surface area contributed by atoms with Gasteiger partial charge < -0.3 is 15.7 Å². The molecule has 0 saturated carbocycles. The molecule has 8 heteroatoms. The van der Waals surface area contributed by atoms with Crippen molar-refractivity contribution in [2.45, 2.75) is 11.7 Å². The molecule has 0 bridgehead atoms. The summed E-state index contributed by atoms with van der Waals surface area (Å²) >= 11 is 4.53. The van der Waals surface area contributed by atoms with E-state index in [0.29, 0.717) is 16.5 Å². The molecule has 0 radical (unpaired) electrons. The number of carbonyl (C=O) groups excluding carboxylic acids is 2. The summed E-state index contributed by atoms with van der Waals surface area (Å²) in [5.41, 5.74) is 1.20. The smallest absolute Gasteiger partial charge is 0.240 e. The molecule has 2 aromatic rings. The van der Waals surface area contributed by atoms with Crippen LogP contribution >= 0.6 is 27.7 Å². The number of hydrogen-bond donors (Lipinski definition) is 3. The number of thioether (sulfide) groups is 1. The molecule has 1 atom stereocenters. The van der Waals surface area contributed by atoms with Crippen LogP contribution in [0.3, 0.4) is 0 Å². The maximum Gasteiger partial charge on any atom is 0.240 e. The first-order chi connectivity index (χ1) is 12.0. The number of anilines is 1. The van der Waals surface area contributed by atoms with Gasteiger partial charge in [0.25, 0.3) is 0 Å². The van der Waals surface area contributed by atoms with Crippen LogP contribution in [0.15, 0.2) is 58.0 Å². The van der Waals surface area contributed by atoms with Crippen molar-refractivity contribution in [3.63, 3.8) is 0 Å². The van der Waals surface area contributed by atoms with E-state index in [1.165, 1.54) is 17.8 Å². The van der Waals surface area contributed by atoms with Gasteiger partial charge in [-0.05, 0) is 36.4 Å². The fourth-order valence-corrected chi connectivity index (χ4v) is 3.44. The zero-order chi connectivity index (χ0) is 17.8. The third-order valence-electron chi connectivity index (χ3n) is 3.34. The highest BCUT2D eigenvalue weighted by Crippen LogP contribution is 2.27. The van der Waals surface area contributed by atoms with Crippen molar-refractivity contribution < 1.29 is 14.7 Å². The molecule has 2 amide bonds. The van der Waals surface area contributed by atoms with Crippen LogP contribution in [0.5, 0.6) is 5.75 Å². The SMILES string of the molecule is O=C(C[C@H]1SC(=Nc2cccc(O)c2)NC1=O)Nc1ccc(Br)cc1. The van der Waals surface area contributed by atoms with Gasteiger partial charge in [-0.25, -0.2) is 4.99 Å². The number of amidine groups is 1. The summed E-state index contributed by atoms with van der Waals surface area (Å²) < 4.78 is 0.920. The zero-order valence-corrected chi connectivity index (χ0v) is 15.3. The highest BCUT2D eigenvalue weighted by molar-refractivity contribution is 9.10. The molecule has 0 aliphatic carbocycles. The van der Waals surface area contributed by atoms with E-state index in [0.717, 1.165) is 4.47 Å². The Balaban J connectivity index is 1.61. The second-order valence-electron chi connectivity index (χ2n) is 5.29. The fourth-order valence-electron chi connectivity index (χ4n) is 2.19. The first kappa shape index (κ1) is 17.5. The normalized spacial score (nSPS) is 18.2. The zero-order valence-electron chi connectivity index (χ0n) is 12.9. The number of phenols is 1. The predicted molar refractivity (Wildman–Crippen MR) is 102 cm³/mol. The molecule has 0 spiro atoms. The number of rotatable bonds is 4. The Kier molecular flexibility index (Phi) is 5.40. The number of amides is 2. The van der Waals surface area contributed by atoms with Crippen LogP contribution in [-0.2, 0) is 9.59 Å². The number of halogens is 1. The average Bonchev–Trinajstić information content (AvgIpc) is 2.89. The van der Waals surface area contributed by atoms with Crippen LogP contribution in [0.4, 0.5) is 11.4 Å². The van der Waals surface area contributed by atoms with E-state index in [4.69, 9.17) is 0 Å². The lowest BCUT2D eigenvalue weighted by molar-refractivity contribution is -0.122. The van der Waals surface area contributed by atoms with E-state index in [1.54, 1.807) is 30.3 Å². The van der Waals surface area contributed by atoms with Gasteiger partial charge >= 0.3 is 0 Å². The Labute approximate surface area is 156 Å². The van der Waals surface area contributed by atoms with Gasteiger partial charge in [-0.2, -0.15) is 0 Å². The minimum atomic E-state index is -0.536. The van der Waals surface area contributed by atoms with Gasteiger partial charge in [0, 0.05) is 22.6 Å². The largest absolute Gasteiger partial charge is 0.508 e. The van der Waals surface area contributed by atoms with Crippen LogP contribution in [0, 0.1) is 0 Å². The Hall–Kier alpha value is -2.32. The Morgan fingerprint density at radius 3 is 2.76 bits per heavy atom. The van der Waals surface area contributed by atoms with E-state index in [1.807, 2.05) is 12.1 Å². The topological polar surface area (TPSA) is 90.8 Å². The summed E-state index contributed by atoms with van der Waals surface area (Å²) in [5, 5.41) is 14.7. The van der Waals surface area contributed by atoms with Crippen molar-refractivity contribution in [3.8, 4) is 5.75 Å². The lowest BCUT2D eigenvalue weighted by Crippen LogP contribution is -2.28. The quantitative estimate of drug-likeness (QED) is 0.707. The molecule has 128 valence electrons. The average molecular weight is 420 g/mol. The number of aromatic hydroxyl groups is 1. The third-order valence-corrected chi connectivity index (χ3v) is 4.95. The molecule has 0 aromatic heterocycles. The molecule has 3 N–H and O–H groups in total. The van der Waals surface area contributed by atoms with Crippen LogP contribution in [0.2, 0.25) is 0 Å². The third kappa shape index (κ3) is 4.83. The van der Waals surface area contributed by atoms with Crippen molar-refractivity contribution in [1.82, 2.24) is 5.32 Å². The summed E-state index contributed by atoms with van der Waals surface area (Å²) in [6, 6.07) is 13.6. The lowest BCUT2D eigenvalue weighted by atomic mass is 10.2. The minimum absolute atomic E-state index is 0.0472. The van der Waals surface area contributed by atoms with Crippen molar-refractivity contribution in [1.29, 1.82) is 0 Å². The number of benzene rings is 2. The van der Waals surface area contributed by atoms with E-state index < -0.39 is 5.25 Å². The van der Waals surface area contributed by atoms with Crippen molar-refractivity contribution in [2.75, 3.05) is 5.32 Å². The Morgan fingerprint density at radius 1 is 1.28 bits per heavy atom. The van der Waals surface area contributed by atoms with E-state index >= 15 is 0 Å². The monoisotopic (exact) mass is 419 g/mol. The van der Waals surface area contributed by atoms with Gasteiger partial charge in [0.05, 0.1) is 5.69 Å². The first-order valence-corrected chi connectivity index (χ1v) is 9.07. The van der Waals surface area contributed by atoms with Crippen molar-refractivity contribution in [2.24, 2.45) is 4.99 Å². The van der Waals surface area contributed by atoms with Crippen molar-refractivity contribution in [3.05, 3.63) is 53.0 Å². The number of nitrogens with one attached hydrogen (secondary N) is 2. The molecule has 6 nitrogen and oxygen atoms in total.